The standard InChI is InChI=1S/C9H12BrN3S/c1-3-11-9(14)13-8-5-4-7(10)6(2)12-8/h4-5H,3H2,1-2H3,(H2,11,12,13,14). The molecule has 0 saturated carbocycles. The number of aryl methyl sites for hydroxylation is 1. The van der Waals surface area contributed by atoms with E-state index in [9.17, 15) is 0 Å². The van der Waals surface area contributed by atoms with Crippen LogP contribution in [0.15, 0.2) is 16.6 Å². The van der Waals surface area contributed by atoms with Crippen molar-refractivity contribution < 1.29 is 0 Å². The highest BCUT2D eigenvalue weighted by Crippen LogP contribution is 2.15. The Morgan fingerprint density at radius 3 is 2.86 bits per heavy atom. The van der Waals surface area contributed by atoms with Crippen LogP contribution in [0.25, 0.3) is 0 Å². The monoisotopic (exact) mass is 273 g/mol. The van der Waals surface area contributed by atoms with Gasteiger partial charge in [-0.15, -0.1) is 0 Å². The number of halogens is 1. The molecule has 2 N–H and O–H groups in total. The summed E-state index contributed by atoms with van der Waals surface area (Å²) in [4.78, 5) is 4.31. The summed E-state index contributed by atoms with van der Waals surface area (Å²) >= 11 is 8.42. The molecule has 0 aliphatic heterocycles. The van der Waals surface area contributed by atoms with Crippen LogP contribution in [0.5, 0.6) is 0 Å². The van der Waals surface area contributed by atoms with Crippen molar-refractivity contribution in [2.75, 3.05) is 11.9 Å². The zero-order valence-electron chi connectivity index (χ0n) is 8.10. The summed E-state index contributed by atoms with van der Waals surface area (Å²) in [6.45, 7) is 4.74. The fraction of sp³-hybridized carbons (Fsp3) is 0.333. The summed E-state index contributed by atoms with van der Waals surface area (Å²) in [5.74, 6) is 0.761. The fourth-order valence-electron chi connectivity index (χ4n) is 0.935. The first-order valence-corrected chi connectivity index (χ1v) is 5.51. The van der Waals surface area contributed by atoms with Gasteiger partial charge in [0.2, 0.25) is 0 Å². The van der Waals surface area contributed by atoms with E-state index in [2.05, 4.69) is 31.5 Å². The number of anilines is 1. The van der Waals surface area contributed by atoms with Crippen LogP contribution in [-0.4, -0.2) is 16.6 Å². The van der Waals surface area contributed by atoms with Gasteiger partial charge < -0.3 is 10.6 Å². The lowest BCUT2D eigenvalue weighted by atomic mass is 10.4. The second kappa shape index (κ2) is 5.26. The summed E-state index contributed by atoms with van der Waals surface area (Å²) in [7, 11) is 0. The molecule has 0 aromatic carbocycles. The van der Waals surface area contributed by atoms with Crippen LogP contribution in [-0.2, 0) is 0 Å². The molecule has 0 aliphatic rings. The van der Waals surface area contributed by atoms with E-state index in [1.807, 2.05) is 26.0 Å². The maximum atomic E-state index is 5.04. The average molecular weight is 274 g/mol. The fourth-order valence-corrected chi connectivity index (χ4v) is 1.40. The number of pyridine rings is 1. The molecular formula is C9H12BrN3S. The number of nitrogens with zero attached hydrogens (tertiary/aromatic N) is 1. The van der Waals surface area contributed by atoms with E-state index in [4.69, 9.17) is 12.2 Å². The van der Waals surface area contributed by atoms with E-state index in [1.165, 1.54) is 0 Å². The molecule has 0 unspecified atom stereocenters. The molecule has 1 heterocycles. The highest BCUT2D eigenvalue weighted by Gasteiger charge is 2.00. The summed E-state index contributed by atoms with van der Waals surface area (Å²) in [5, 5.41) is 6.59. The largest absolute Gasteiger partial charge is 0.363 e. The summed E-state index contributed by atoms with van der Waals surface area (Å²) in [6, 6.07) is 3.82. The van der Waals surface area contributed by atoms with Crippen molar-refractivity contribution in [3.63, 3.8) is 0 Å². The van der Waals surface area contributed by atoms with Crippen molar-refractivity contribution in [1.82, 2.24) is 10.3 Å². The molecule has 0 bridgehead atoms. The number of aromatic nitrogens is 1. The maximum absolute atomic E-state index is 5.04. The first-order chi connectivity index (χ1) is 6.63. The van der Waals surface area contributed by atoms with Gasteiger partial charge in [0.15, 0.2) is 5.11 Å². The molecule has 1 aromatic rings. The number of thiocarbonyl (C=S) groups is 1. The van der Waals surface area contributed by atoms with Crippen molar-refractivity contribution in [3.05, 3.63) is 22.3 Å². The Labute approximate surface area is 97.4 Å². The minimum atomic E-state index is 0.599. The number of hydrogen-bond acceptors (Lipinski definition) is 2. The topological polar surface area (TPSA) is 37.0 Å². The van der Waals surface area contributed by atoms with Gasteiger partial charge in [-0.05, 0) is 54.1 Å². The summed E-state index contributed by atoms with van der Waals surface area (Å²) < 4.78 is 0.998. The van der Waals surface area contributed by atoms with E-state index >= 15 is 0 Å². The molecule has 0 saturated heterocycles. The van der Waals surface area contributed by atoms with Crippen molar-refractivity contribution in [3.8, 4) is 0 Å². The zero-order valence-corrected chi connectivity index (χ0v) is 10.5. The predicted molar refractivity (Wildman–Crippen MR) is 66.6 cm³/mol. The third kappa shape index (κ3) is 3.23. The van der Waals surface area contributed by atoms with E-state index in [1.54, 1.807) is 0 Å². The van der Waals surface area contributed by atoms with Crippen molar-refractivity contribution in [2.45, 2.75) is 13.8 Å². The Bertz CT molecular complexity index is 341. The van der Waals surface area contributed by atoms with E-state index in [0.29, 0.717) is 5.11 Å². The van der Waals surface area contributed by atoms with Crippen LogP contribution < -0.4 is 10.6 Å². The van der Waals surface area contributed by atoms with Gasteiger partial charge in [0.05, 0.1) is 5.69 Å². The Balaban J connectivity index is 2.68. The van der Waals surface area contributed by atoms with Gasteiger partial charge in [0, 0.05) is 11.0 Å². The molecule has 0 spiro atoms. The number of hydrogen-bond donors (Lipinski definition) is 2. The molecule has 1 aromatic heterocycles. The van der Waals surface area contributed by atoms with E-state index < -0.39 is 0 Å². The highest BCUT2D eigenvalue weighted by atomic mass is 79.9. The summed E-state index contributed by atoms with van der Waals surface area (Å²) in [5.41, 5.74) is 0.939. The molecule has 1 rings (SSSR count). The van der Waals surface area contributed by atoms with Crippen LogP contribution in [0.4, 0.5) is 5.82 Å². The average Bonchev–Trinajstić information content (AvgIpc) is 2.12. The van der Waals surface area contributed by atoms with Gasteiger partial charge in [0.1, 0.15) is 5.82 Å². The quantitative estimate of drug-likeness (QED) is 0.812. The maximum Gasteiger partial charge on any atom is 0.171 e. The van der Waals surface area contributed by atoms with Crippen LogP contribution >= 0.6 is 28.1 Å². The van der Waals surface area contributed by atoms with Gasteiger partial charge in [-0.2, -0.15) is 0 Å². The third-order valence-corrected chi connectivity index (χ3v) is 2.68. The lowest BCUT2D eigenvalue weighted by Crippen LogP contribution is -2.28. The van der Waals surface area contributed by atoms with Gasteiger partial charge in [0.25, 0.3) is 0 Å². The molecule has 0 amide bonds. The minimum absolute atomic E-state index is 0.599. The van der Waals surface area contributed by atoms with Crippen molar-refractivity contribution >= 4 is 39.1 Å². The molecule has 76 valence electrons. The lowest BCUT2D eigenvalue weighted by molar-refractivity contribution is 0.977. The van der Waals surface area contributed by atoms with Crippen LogP contribution in [0.1, 0.15) is 12.6 Å². The Kier molecular flexibility index (Phi) is 4.28. The van der Waals surface area contributed by atoms with Crippen molar-refractivity contribution in [2.24, 2.45) is 0 Å². The predicted octanol–water partition coefficient (Wildman–Crippen LogP) is 2.46. The van der Waals surface area contributed by atoms with Gasteiger partial charge in [-0.1, -0.05) is 0 Å². The van der Waals surface area contributed by atoms with Gasteiger partial charge >= 0.3 is 0 Å². The first-order valence-electron chi connectivity index (χ1n) is 4.31. The molecule has 0 atom stereocenters. The molecule has 3 nitrogen and oxygen atoms in total. The zero-order chi connectivity index (χ0) is 10.6. The molecule has 0 fully saturated rings. The Hall–Kier alpha value is -0.680. The van der Waals surface area contributed by atoms with Crippen LogP contribution in [0.3, 0.4) is 0 Å². The van der Waals surface area contributed by atoms with Crippen molar-refractivity contribution in [1.29, 1.82) is 0 Å². The van der Waals surface area contributed by atoms with Gasteiger partial charge in [-0.25, -0.2) is 4.98 Å². The van der Waals surface area contributed by atoms with Crippen LogP contribution in [0.2, 0.25) is 0 Å². The number of nitrogens with one attached hydrogen (secondary N) is 2. The second-order valence-corrected chi connectivity index (χ2v) is 4.01. The van der Waals surface area contributed by atoms with E-state index in [-0.39, 0.29) is 0 Å². The Morgan fingerprint density at radius 2 is 2.29 bits per heavy atom. The van der Waals surface area contributed by atoms with Gasteiger partial charge in [-0.3, -0.25) is 0 Å². The van der Waals surface area contributed by atoms with E-state index in [0.717, 1.165) is 22.5 Å². The number of rotatable bonds is 2. The molecule has 0 radical (unpaired) electrons. The molecule has 14 heavy (non-hydrogen) atoms. The molecule has 5 heteroatoms. The lowest BCUT2D eigenvalue weighted by Gasteiger charge is -2.08. The Morgan fingerprint density at radius 1 is 1.57 bits per heavy atom. The molecule has 0 aliphatic carbocycles. The third-order valence-electron chi connectivity index (χ3n) is 1.60. The smallest absolute Gasteiger partial charge is 0.171 e. The second-order valence-electron chi connectivity index (χ2n) is 2.75. The van der Waals surface area contributed by atoms with Crippen LogP contribution in [0, 0.1) is 6.92 Å². The normalized spacial score (nSPS) is 9.64. The SMILES string of the molecule is CCNC(=S)Nc1ccc(Br)c(C)n1. The minimum Gasteiger partial charge on any atom is -0.363 e. The molecular weight excluding hydrogens is 262 g/mol. The summed E-state index contributed by atoms with van der Waals surface area (Å²) in [6.07, 6.45) is 0. The highest BCUT2D eigenvalue weighted by molar-refractivity contribution is 9.10. The first kappa shape index (κ1) is 11.4.